The first-order chi connectivity index (χ1) is 26.3. The Morgan fingerprint density at radius 3 is 2.04 bits per heavy atom. The number of hydrogen-bond acceptors (Lipinski definition) is 1. The third-order valence-corrected chi connectivity index (χ3v) is 15.0. The monoisotopic (exact) mass is 737 g/mol. The maximum absolute atomic E-state index is 7.76. The quantitative estimate of drug-likeness (QED) is 0.189. The standard InChI is InChI=1S/C51H61ClN2/c1-35(2)25-31-53-43-23-21-37-15-7-9-17-41(37)47(43)50(27-11-5-12-28-50)45(53)33-39-19-20-40(49(39)52)34-46-51(29-13-6-14-30-51)48-42-18-10-8-16-38(42)22-24-44(48)54(46)32-26-36(3)4/h7-10,15-18,21-24,33-36,45H,5-6,11-14,19-20,25-32H2,1-4H3/p+1/b39-33+,46-34?. The third-order valence-electron chi connectivity index (χ3n) is 14.5. The van der Waals surface area contributed by atoms with Crippen molar-refractivity contribution in [3.05, 3.63) is 118 Å². The maximum atomic E-state index is 7.76. The van der Waals surface area contributed by atoms with Crippen LogP contribution in [0.1, 0.15) is 129 Å². The highest BCUT2D eigenvalue weighted by molar-refractivity contribution is 6.33. The Morgan fingerprint density at radius 2 is 1.35 bits per heavy atom. The lowest BCUT2D eigenvalue weighted by Gasteiger charge is -2.38. The van der Waals surface area contributed by atoms with Crippen LogP contribution in [0.5, 0.6) is 0 Å². The van der Waals surface area contributed by atoms with E-state index >= 15 is 0 Å². The van der Waals surface area contributed by atoms with E-state index in [1.54, 1.807) is 21.7 Å². The van der Waals surface area contributed by atoms with Crippen LogP contribution in [0.15, 0.2) is 107 Å². The van der Waals surface area contributed by atoms with Gasteiger partial charge in [0.15, 0.2) is 0 Å². The van der Waals surface area contributed by atoms with Crippen LogP contribution < -0.4 is 9.80 Å². The molecule has 2 saturated carbocycles. The molecule has 2 heterocycles. The van der Waals surface area contributed by atoms with Gasteiger partial charge in [-0.1, -0.05) is 132 Å². The largest absolute Gasteiger partial charge is 0.344 e. The van der Waals surface area contributed by atoms with Crippen LogP contribution in [0.2, 0.25) is 0 Å². The Hall–Kier alpha value is -3.33. The number of benzene rings is 4. The number of nitrogens with one attached hydrogen (secondary N) is 1. The molecule has 0 saturated heterocycles. The summed E-state index contributed by atoms with van der Waals surface area (Å²) in [6.07, 6.45) is 22.8. The second-order valence-corrected chi connectivity index (χ2v) is 19.0. The molecule has 2 aliphatic heterocycles. The smallest absolute Gasteiger partial charge is 0.136 e. The second-order valence-electron chi connectivity index (χ2n) is 18.6. The summed E-state index contributed by atoms with van der Waals surface area (Å²) in [4.78, 5) is 4.44. The molecule has 2 atom stereocenters. The zero-order valence-electron chi connectivity index (χ0n) is 33.5. The molecule has 9 rings (SSSR count). The van der Waals surface area contributed by atoms with Crippen LogP contribution in [0, 0.1) is 11.8 Å². The minimum atomic E-state index is 0.0557. The zero-order valence-corrected chi connectivity index (χ0v) is 34.2. The van der Waals surface area contributed by atoms with E-state index in [1.807, 2.05) is 0 Å². The highest BCUT2D eigenvalue weighted by Crippen LogP contribution is 2.58. The Balaban J connectivity index is 1.17. The molecule has 1 N–H and O–H groups in total. The second kappa shape index (κ2) is 14.6. The number of allylic oxidation sites excluding steroid dienone is 5. The Bertz CT molecular complexity index is 2140. The first kappa shape index (κ1) is 36.3. The summed E-state index contributed by atoms with van der Waals surface area (Å²) < 4.78 is 0. The molecule has 0 aromatic heterocycles. The van der Waals surface area contributed by atoms with Crippen molar-refractivity contribution in [2.45, 2.75) is 134 Å². The predicted octanol–water partition coefficient (Wildman–Crippen LogP) is 13.0. The van der Waals surface area contributed by atoms with Gasteiger partial charge < -0.3 is 4.90 Å². The summed E-state index contributed by atoms with van der Waals surface area (Å²) in [5.41, 5.74) is 10.8. The number of fused-ring (bicyclic) bond motifs is 8. The van der Waals surface area contributed by atoms with Gasteiger partial charge in [-0.25, -0.2) is 0 Å². The minimum Gasteiger partial charge on any atom is -0.344 e. The molecule has 3 heteroatoms. The van der Waals surface area contributed by atoms with E-state index in [9.17, 15) is 0 Å². The fourth-order valence-corrected chi connectivity index (χ4v) is 12.1. The van der Waals surface area contributed by atoms with Gasteiger partial charge in [0.05, 0.1) is 12.0 Å². The van der Waals surface area contributed by atoms with E-state index in [2.05, 4.69) is 118 Å². The SMILES string of the molecule is CC(C)CCN1C(=CC2=C(Cl)/C(=C/C3[NH+](CCC(C)C)c4ccc5ccccc5c4C34CCCCC4)CC2)C2(CCCCC2)c2c1ccc1ccccc21. The van der Waals surface area contributed by atoms with Crippen LogP contribution in [0.4, 0.5) is 11.4 Å². The number of anilines is 1. The van der Waals surface area contributed by atoms with E-state index in [4.69, 9.17) is 11.6 Å². The molecule has 0 radical (unpaired) electrons. The van der Waals surface area contributed by atoms with Crippen LogP contribution in [-0.2, 0) is 10.8 Å². The summed E-state index contributed by atoms with van der Waals surface area (Å²) in [7, 11) is 0. The van der Waals surface area contributed by atoms with Gasteiger partial charge in [0.25, 0.3) is 0 Å². The molecular weight excluding hydrogens is 676 g/mol. The van der Waals surface area contributed by atoms with Gasteiger partial charge in [-0.2, -0.15) is 0 Å². The topological polar surface area (TPSA) is 7.68 Å². The Kier molecular flexibility index (Phi) is 9.84. The van der Waals surface area contributed by atoms with Crippen molar-refractivity contribution in [3.8, 4) is 0 Å². The molecule has 0 bridgehead atoms. The predicted molar refractivity (Wildman–Crippen MR) is 231 cm³/mol. The molecule has 282 valence electrons. The Morgan fingerprint density at radius 1 is 0.722 bits per heavy atom. The molecule has 0 amide bonds. The molecule has 4 aromatic carbocycles. The van der Waals surface area contributed by atoms with Gasteiger partial charge in [0.1, 0.15) is 11.7 Å². The average molecular weight is 739 g/mol. The molecular formula is C51H62ClN2+. The molecule has 54 heavy (non-hydrogen) atoms. The summed E-state index contributed by atoms with van der Waals surface area (Å²) >= 11 is 7.76. The van der Waals surface area contributed by atoms with Crippen molar-refractivity contribution in [2.24, 2.45) is 11.8 Å². The lowest BCUT2D eigenvalue weighted by molar-refractivity contribution is -0.851. The fraction of sp³-hybridized carbons (Fsp3) is 0.490. The van der Waals surface area contributed by atoms with E-state index in [-0.39, 0.29) is 10.8 Å². The Labute approximate surface area is 330 Å². The van der Waals surface area contributed by atoms with Crippen LogP contribution in [0.25, 0.3) is 21.5 Å². The van der Waals surface area contributed by atoms with Crippen molar-refractivity contribution in [1.82, 2.24) is 0 Å². The molecule has 4 aromatic rings. The first-order valence-corrected chi connectivity index (χ1v) is 22.2. The van der Waals surface area contributed by atoms with Crippen LogP contribution >= 0.6 is 11.6 Å². The minimum absolute atomic E-state index is 0.0557. The summed E-state index contributed by atoms with van der Waals surface area (Å²) in [6.45, 7) is 11.8. The maximum Gasteiger partial charge on any atom is 0.136 e. The molecule has 2 unspecified atom stereocenters. The fourth-order valence-electron chi connectivity index (χ4n) is 11.8. The molecule has 5 aliphatic rings. The van der Waals surface area contributed by atoms with E-state index in [0.717, 1.165) is 24.4 Å². The summed E-state index contributed by atoms with van der Waals surface area (Å²) in [5, 5.41) is 6.77. The van der Waals surface area contributed by atoms with Gasteiger partial charge in [-0.05, 0) is 126 Å². The molecule has 2 fully saturated rings. The lowest BCUT2D eigenvalue weighted by Crippen LogP contribution is -3.11. The van der Waals surface area contributed by atoms with Gasteiger partial charge in [-0.3, -0.25) is 4.90 Å². The van der Waals surface area contributed by atoms with E-state index in [0.29, 0.717) is 17.9 Å². The van der Waals surface area contributed by atoms with Gasteiger partial charge >= 0.3 is 0 Å². The van der Waals surface area contributed by atoms with Crippen molar-refractivity contribution in [3.63, 3.8) is 0 Å². The summed E-state index contributed by atoms with van der Waals surface area (Å²) in [6, 6.07) is 28.5. The van der Waals surface area contributed by atoms with Crippen molar-refractivity contribution in [2.75, 3.05) is 18.0 Å². The van der Waals surface area contributed by atoms with E-state index < -0.39 is 0 Å². The molecule has 2 spiro atoms. The number of halogens is 1. The zero-order chi connectivity index (χ0) is 37.0. The first-order valence-electron chi connectivity index (χ1n) is 21.8. The number of nitrogens with zero attached hydrogens (tertiary/aromatic N) is 1. The molecule has 3 aliphatic carbocycles. The van der Waals surface area contributed by atoms with Gasteiger partial charge in [0, 0.05) is 40.0 Å². The third kappa shape index (κ3) is 6.01. The van der Waals surface area contributed by atoms with Crippen molar-refractivity contribution < 1.29 is 4.90 Å². The van der Waals surface area contributed by atoms with Gasteiger partial charge in [-0.15, -0.1) is 0 Å². The van der Waals surface area contributed by atoms with Crippen LogP contribution in [-0.4, -0.2) is 19.1 Å². The van der Waals surface area contributed by atoms with E-state index in [1.165, 1.54) is 128 Å². The normalized spacial score (nSPS) is 24.8. The lowest BCUT2D eigenvalue weighted by atomic mass is 9.65. The number of rotatable bonds is 8. The van der Waals surface area contributed by atoms with Crippen molar-refractivity contribution >= 4 is 44.5 Å². The number of hydrogen-bond donors (Lipinski definition) is 1. The highest BCUT2D eigenvalue weighted by Gasteiger charge is 2.55. The van der Waals surface area contributed by atoms with Crippen molar-refractivity contribution in [1.29, 1.82) is 0 Å². The van der Waals surface area contributed by atoms with Gasteiger partial charge in [0.2, 0.25) is 0 Å². The van der Waals surface area contributed by atoms with Crippen LogP contribution in [0.3, 0.4) is 0 Å². The highest BCUT2D eigenvalue weighted by atomic mass is 35.5. The molecule has 2 nitrogen and oxygen atoms in total. The average Bonchev–Trinajstić information content (AvgIpc) is 3.75. The number of quaternary nitrogens is 1. The summed E-state index contributed by atoms with van der Waals surface area (Å²) in [5.74, 6) is 1.34.